The summed E-state index contributed by atoms with van der Waals surface area (Å²) in [4.78, 5) is 24.9. The van der Waals surface area contributed by atoms with Gasteiger partial charge >= 0.3 is 6.03 Å². The van der Waals surface area contributed by atoms with E-state index >= 15 is 0 Å². The highest BCUT2D eigenvalue weighted by atomic mass is 35.5. The van der Waals surface area contributed by atoms with Gasteiger partial charge in [-0.25, -0.2) is 4.79 Å². The van der Waals surface area contributed by atoms with Crippen LogP contribution in [0.2, 0.25) is 10.0 Å². The van der Waals surface area contributed by atoms with Gasteiger partial charge in [0.25, 0.3) is 0 Å². The van der Waals surface area contributed by atoms with Gasteiger partial charge in [0.15, 0.2) is 0 Å². The fourth-order valence-electron chi connectivity index (χ4n) is 1.76. The maximum Gasteiger partial charge on any atom is 0.321 e. The molecule has 0 heterocycles. The second-order valence-electron chi connectivity index (χ2n) is 4.89. The van der Waals surface area contributed by atoms with Crippen LogP contribution in [0.25, 0.3) is 0 Å². The zero-order valence-electron chi connectivity index (χ0n) is 12.5. The molecule has 5 nitrogen and oxygen atoms in total. The van der Waals surface area contributed by atoms with Crippen LogP contribution in [-0.2, 0) is 4.79 Å². The highest BCUT2D eigenvalue weighted by Crippen LogP contribution is 2.28. The third-order valence-electron chi connectivity index (χ3n) is 3.12. The van der Waals surface area contributed by atoms with Crippen LogP contribution in [0.4, 0.5) is 10.5 Å². The van der Waals surface area contributed by atoms with Crippen molar-refractivity contribution in [2.75, 3.05) is 26.0 Å². The lowest BCUT2D eigenvalue weighted by molar-refractivity contribution is -0.124. The second kappa shape index (κ2) is 7.52. The average Bonchev–Trinajstić information content (AvgIpc) is 2.43. The number of rotatable bonds is 4. The van der Waals surface area contributed by atoms with Crippen molar-refractivity contribution in [3.05, 3.63) is 27.7 Å². The minimum Gasteiger partial charge on any atom is -0.359 e. The predicted molar refractivity (Wildman–Crippen MR) is 86.1 cm³/mol. The van der Waals surface area contributed by atoms with Gasteiger partial charge in [-0.3, -0.25) is 4.79 Å². The quantitative estimate of drug-likeness (QED) is 0.890. The Morgan fingerprint density at radius 1 is 1.29 bits per heavy atom. The molecule has 7 heteroatoms. The Morgan fingerprint density at radius 2 is 1.81 bits per heavy atom. The second-order valence-corrected chi connectivity index (χ2v) is 5.71. The van der Waals surface area contributed by atoms with Crippen molar-refractivity contribution in [1.29, 1.82) is 0 Å². The van der Waals surface area contributed by atoms with Gasteiger partial charge in [0.2, 0.25) is 5.91 Å². The van der Waals surface area contributed by atoms with Crippen molar-refractivity contribution in [1.82, 2.24) is 10.2 Å². The van der Waals surface area contributed by atoms with E-state index in [4.69, 9.17) is 23.2 Å². The molecule has 0 bridgehead atoms. The third-order valence-corrected chi connectivity index (χ3v) is 3.91. The average molecular weight is 332 g/mol. The maximum atomic E-state index is 12.1. The lowest BCUT2D eigenvalue weighted by Crippen LogP contribution is -2.39. The third kappa shape index (κ3) is 4.79. The normalized spacial score (nSPS) is 11.7. The zero-order valence-corrected chi connectivity index (χ0v) is 14.0. The molecular formula is C14H19Cl2N3O2. The van der Waals surface area contributed by atoms with Gasteiger partial charge in [-0.2, -0.15) is 0 Å². The molecule has 0 aliphatic rings. The van der Waals surface area contributed by atoms with Crippen molar-refractivity contribution in [3.63, 3.8) is 0 Å². The Morgan fingerprint density at radius 3 is 2.29 bits per heavy atom. The molecule has 0 spiro atoms. The smallest absolute Gasteiger partial charge is 0.321 e. The molecular weight excluding hydrogens is 313 g/mol. The molecule has 2 N–H and O–H groups in total. The summed E-state index contributed by atoms with van der Waals surface area (Å²) >= 11 is 12.0. The molecule has 1 atom stereocenters. The SMILES string of the molecule is CNC(=O)[C@@H](C)CN(C)C(=O)Nc1cc(Cl)c(C)c(Cl)c1. The summed E-state index contributed by atoms with van der Waals surface area (Å²) in [6.45, 7) is 3.86. The Balaban J connectivity index is 2.70. The number of carbonyl (C=O) groups excluding carboxylic acids is 2. The summed E-state index contributed by atoms with van der Waals surface area (Å²) in [5.41, 5.74) is 1.28. The van der Waals surface area contributed by atoms with Crippen LogP contribution >= 0.6 is 23.2 Å². The number of hydrogen-bond donors (Lipinski definition) is 2. The lowest BCUT2D eigenvalue weighted by atomic mass is 10.1. The van der Waals surface area contributed by atoms with Crippen molar-refractivity contribution in [2.45, 2.75) is 13.8 Å². The number of nitrogens with one attached hydrogen (secondary N) is 2. The van der Waals surface area contributed by atoms with E-state index in [2.05, 4.69) is 10.6 Å². The Kier molecular flexibility index (Phi) is 6.30. The molecule has 0 saturated carbocycles. The van der Waals surface area contributed by atoms with Gasteiger partial charge < -0.3 is 15.5 Å². The van der Waals surface area contributed by atoms with Crippen molar-refractivity contribution >= 4 is 40.8 Å². The molecule has 0 fully saturated rings. The number of amides is 3. The molecule has 21 heavy (non-hydrogen) atoms. The van der Waals surface area contributed by atoms with Crippen LogP contribution < -0.4 is 10.6 Å². The largest absolute Gasteiger partial charge is 0.359 e. The number of urea groups is 1. The topological polar surface area (TPSA) is 61.4 Å². The van der Waals surface area contributed by atoms with E-state index in [1.54, 1.807) is 40.1 Å². The predicted octanol–water partition coefficient (Wildman–Crippen LogP) is 3.15. The minimum absolute atomic E-state index is 0.115. The van der Waals surface area contributed by atoms with E-state index in [1.165, 1.54) is 4.90 Å². The first-order valence-electron chi connectivity index (χ1n) is 6.45. The molecule has 0 saturated heterocycles. The first-order chi connectivity index (χ1) is 9.76. The molecule has 1 aromatic carbocycles. The summed E-state index contributed by atoms with van der Waals surface area (Å²) in [5, 5.41) is 6.22. The van der Waals surface area contributed by atoms with Crippen LogP contribution in [0.3, 0.4) is 0 Å². The van der Waals surface area contributed by atoms with E-state index in [0.717, 1.165) is 5.56 Å². The molecule has 0 radical (unpaired) electrons. The monoisotopic (exact) mass is 331 g/mol. The highest BCUT2D eigenvalue weighted by Gasteiger charge is 2.17. The maximum absolute atomic E-state index is 12.1. The molecule has 1 rings (SSSR count). The Labute approximate surface area is 134 Å². The van der Waals surface area contributed by atoms with Gasteiger partial charge in [0.05, 0.1) is 5.92 Å². The fourth-order valence-corrected chi connectivity index (χ4v) is 2.25. The number of halogens is 2. The molecule has 116 valence electrons. The zero-order chi connectivity index (χ0) is 16.2. The van der Waals surface area contributed by atoms with Crippen molar-refractivity contribution in [2.24, 2.45) is 5.92 Å². The number of benzene rings is 1. The number of nitrogens with zero attached hydrogens (tertiary/aromatic N) is 1. The molecule has 0 aromatic heterocycles. The van der Waals surface area contributed by atoms with E-state index < -0.39 is 0 Å². The van der Waals surface area contributed by atoms with E-state index in [-0.39, 0.29) is 17.9 Å². The molecule has 3 amide bonds. The van der Waals surface area contributed by atoms with Gasteiger partial charge in [0, 0.05) is 36.4 Å². The van der Waals surface area contributed by atoms with Crippen LogP contribution in [0.15, 0.2) is 12.1 Å². The van der Waals surface area contributed by atoms with Crippen molar-refractivity contribution < 1.29 is 9.59 Å². The summed E-state index contributed by atoms with van der Waals surface area (Å²) in [6.07, 6.45) is 0. The van der Waals surface area contributed by atoms with Crippen LogP contribution in [0, 0.1) is 12.8 Å². The summed E-state index contributed by atoms with van der Waals surface area (Å²) in [7, 11) is 3.18. The fraction of sp³-hybridized carbons (Fsp3) is 0.429. The van der Waals surface area contributed by atoms with E-state index in [1.807, 2.05) is 0 Å². The molecule has 0 aliphatic heterocycles. The van der Waals surface area contributed by atoms with Gasteiger partial charge in [-0.1, -0.05) is 30.1 Å². The minimum atomic E-state index is -0.332. The Hall–Kier alpha value is -1.46. The summed E-state index contributed by atoms with van der Waals surface area (Å²) < 4.78 is 0. The van der Waals surface area contributed by atoms with Gasteiger partial charge in [-0.15, -0.1) is 0 Å². The first kappa shape index (κ1) is 17.6. The highest BCUT2D eigenvalue weighted by molar-refractivity contribution is 6.36. The van der Waals surface area contributed by atoms with Gasteiger partial charge in [-0.05, 0) is 24.6 Å². The van der Waals surface area contributed by atoms with E-state index in [9.17, 15) is 9.59 Å². The van der Waals surface area contributed by atoms with E-state index in [0.29, 0.717) is 22.3 Å². The van der Waals surface area contributed by atoms with Crippen LogP contribution in [0.1, 0.15) is 12.5 Å². The number of carbonyl (C=O) groups is 2. The number of hydrogen-bond acceptors (Lipinski definition) is 2. The molecule has 0 aliphatic carbocycles. The Bertz CT molecular complexity index is 526. The lowest BCUT2D eigenvalue weighted by Gasteiger charge is -2.21. The standard InChI is InChI=1S/C14H19Cl2N3O2/c1-8(13(20)17-3)7-19(4)14(21)18-10-5-11(15)9(2)12(16)6-10/h5-6,8H,7H2,1-4H3,(H,17,20)(H,18,21)/t8-/m0/s1. The summed E-state index contributed by atoms with van der Waals surface area (Å²) in [5.74, 6) is -0.410. The van der Waals surface area contributed by atoms with Crippen molar-refractivity contribution in [3.8, 4) is 0 Å². The summed E-state index contributed by atoms with van der Waals surface area (Å²) in [6, 6.07) is 2.94. The van der Waals surface area contributed by atoms with Gasteiger partial charge in [0.1, 0.15) is 0 Å². The van der Waals surface area contributed by atoms with Crippen LogP contribution in [-0.4, -0.2) is 37.5 Å². The molecule has 0 unspecified atom stereocenters. The van der Waals surface area contributed by atoms with Crippen LogP contribution in [0.5, 0.6) is 0 Å². The molecule has 1 aromatic rings. The first-order valence-corrected chi connectivity index (χ1v) is 7.21. The number of anilines is 1.